The molecule has 37 heavy (non-hydrogen) atoms. The summed E-state index contributed by atoms with van der Waals surface area (Å²) in [5.41, 5.74) is 2.87. The van der Waals surface area contributed by atoms with Gasteiger partial charge in [-0.25, -0.2) is 17.9 Å². The molecule has 0 saturated carbocycles. The maximum Gasteiger partial charge on any atom is 0.333 e. The van der Waals surface area contributed by atoms with Crippen LogP contribution in [-0.2, 0) is 16.4 Å². The van der Waals surface area contributed by atoms with E-state index in [0.717, 1.165) is 34.4 Å². The molecule has 8 nitrogen and oxygen atoms in total. The third kappa shape index (κ3) is 6.11. The number of anilines is 2. The van der Waals surface area contributed by atoms with Crippen LogP contribution in [0.25, 0.3) is 16.5 Å². The zero-order valence-corrected chi connectivity index (χ0v) is 24.7. The highest BCUT2D eigenvalue weighted by atomic mass is 127. The first kappa shape index (κ1) is 27.4. The number of fused-ring (bicyclic) bond motifs is 1. The molecular formula is C25H24ClIN4O4S2. The Morgan fingerprint density at radius 3 is 2.43 bits per heavy atom. The summed E-state index contributed by atoms with van der Waals surface area (Å²) in [6.45, 7) is 4.26. The first-order chi connectivity index (χ1) is 17.5. The van der Waals surface area contributed by atoms with E-state index in [1.165, 1.54) is 12.1 Å². The molecule has 0 atom stereocenters. The van der Waals surface area contributed by atoms with Gasteiger partial charge < -0.3 is 10.6 Å². The summed E-state index contributed by atoms with van der Waals surface area (Å²) < 4.78 is 29.3. The van der Waals surface area contributed by atoms with E-state index in [9.17, 15) is 18.0 Å². The predicted octanol–water partition coefficient (Wildman–Crippen LogP) is 6.06. The summed E-state index contributed by atoms with van der Waals surface area (Å²) in [5, 5.41) is 7.20. The number of carbonyl (C=O) groups excluding carboxylic acids is 1. The van der Waals surface area contributed by atoms with Gasteiger partial charge in [-0.2, -0.15) is 0 Å². The monoisotopic (exact) mass is 670 g/mol. The van der Waals surface area contributed by atoms with E-state index >= 15 is 0 Å². The number of thiophene rings is 1. The van der Waals surface area contributed by atoms with Crippen LogP contribution in [0.5, 0.6) is 0 Å². The van der Waals surface area contributed by atoms with Gasteiger partial charge in [-0.3, -0.25) is 9.36 Å². The summed E-state index contributed by atoms with van der Waals surface area (Å²) in [6, 6.07) is 12.6. The topological polar surface area (TPSA) is 109 Å². The van der Waals surface area contributed by atoms with Crippen LogP contribution < -0.4 is 20.9 Å². The molecular weight excluding hydrogens is 647 g/mol. The largest absolute Gasteiger partial charge is 0.388 e. The van der Waals surface area contributed by atoms with Crippen LogP contribution in [-0.4, -0.2) is 26.1 Å². The van der Waals surface area contributed by atoms with Crippen molar-refractivity contribution in [2.24, 2.45) is 5.92 Å². The van der Waals surface area contributed by atoms with E-state index in [2.05, 4.69) is 47.1 Å². The normalized spacial score (nSPS) is 11.6. The first-order valence-corrected chi connectivity index (χ1v) is 15.0. The van der Waals surface area contributed by atoms with Gasteiger partial charge in [0.2, 0.25) is 0 Å². The summed E-state index contributed by atoms with van der Waals surface area (Å²) in [5.74, 6) is 0.387. The lowest BCUT2D eigenvalue weighted by atomic mass is 9.98. The van der Waals surface area contributed by atoms with Crippen molar-refractivity contribution in [1.29, 1.82) is 0 Å². The number of hydrogen-bond acceptors (Lipinski definition) is 6. The van der Waals surface area contributed by atoms with Crippen molar-refractivity contribution in [2.45, 2.75) is 24.5 Å². The molecule has 4 rings (SSSR count). The Bertz CT molecular complexity index is 1670. The lowest BCUT2D eigenvalue weighted by Crippen LogP contribution is -2.34. The van der Waals surface area contributed by atoms with Crippen LogP contribution in [0.4, 0.5) is 16.2 Å². The highest BCUT2D eigenvalue weighted by molar-refractivity contribution is 14.1. The number of urea groups is 1. The number of aromatic nitrogens is 1. The average Bonchev–Trinajstić information content (AvgIpc) is 3.27. The van der Waals surface area contributed by atoms with Gasteiger partial charge in [0.25, 0.3) is 15.6 Å². The number of nitrogens with zero attached hydrogens (tertiary/aromatic N) is 1. The number of sulfonamides is 1. The maximum absolute atomic E-state index is 13.5. The zero-order valence-electron chi connectivity index (χ0n) is 20.1. The Morgan fingerprint density at radius 1 is 1.08 bits per heavy atom. The molecule has 0 bridgehead atoms. The second-order valence-electron chi connectivity index (χ2n) is 8.72. The molecule has 0 radical (unpaired) electrons. The van der Waals surface area contributed by atoms with E-state index in [1.54, 1.807) is 22.8 Å². The molecule has 0 saturated heterocycles. The average molecular weight is 671 g/mol. The molecule has 12 heteroatoms. The summed E-state index contributed by atoms with van der Waals surface area (Å²) >= 11 is 8.75. The van der Waals surface area contributed by atoms with Crippen LogP contribution in [0.15, 0.2) is 63.7 Å². The van der Waals surface area contributed by atoms with Crippen molar-refractivity contribution in [1.82, 2.24) is 9.29 Å². The van der Waals surface area contributed by atoms with Crippen molar-refractivity contribution in [3.8, 4) is 5.69 Å². The molecule has 0 fully saturated rings. The number of nitrogens with one attached hydrogen (secondary N) is 3. The minimum Gasteiger partial charge on any atom is -0.388 e. The van der Waals surface area contributed by atoms with Crippen LogP contribution >= 0.6 is 45.5 Å². The standard InChI is InChI=1S/C25H24ClIN4O4S2/c1-14(2)10-15-13-31(24(32)18-6-4-16(28-3)11-19(15)18)21-7-5-17(12-20(21)27)29-25(33)30-37(34,35)23-9-8-22(26)36-23/h4-9,11-14,28H,10H2,1-3H3,(H2,29,30,33). The highest BCUT2D eigenvalue weighted by Gasteiger charge is 2.20. The summed E-state index contributed by atoms with van der Waals surface area (Å²) in [7, 11) is -2.20. The van der Waals surface area contributed by atoms with Crippen molar-refractivity contribution >= 4 is 83.7 Å². The van der Waals surface area contributed by atoms with E-state index in [0.29, 0.717) is 30.6 Å². The van der Waals surface area contributed by atoms with Gasteiger partial charge in [0.15, 0.2) is 0 Å². The third-order valence-corrected chi connectivity index (χ3v) is 9.44. The summed E-state index contributed by atoms with van der Waals surface area (Å²) in [6.07, 6.45) is 2.67. The Balaban J connectivity index is 1.65. The number of benzene rings is 2. The molecule has 2 aromatic carbocycles. The Morgan fingerprint density at radius 2 is 1.81 bits per heavy atom. The number of carbonyl (C=O) groups is 1. The van der Waals surface area contributed by atoms with E-state index in [4.69, 9.17) is 11.6 Å². The van der Waals surface area contributed by atoms with Crippen molar-refractivity contribution in [3.63, 3.8) is 0 Å². The molecule has 0 unspecified atom stereocenters. The smallest absolute Gasteiger partial charge is 0.333 e. The fourth-order valence-electron chi connectivity index (χ4n) is 3.90. The third-order valence-electron chi connectivity index (χ3n) is 5.52. The Kier molecular flexibility index (Phi) is 8.17. The van der Waals surface area contributed by atoms with Gasteiger partial charge in [-0.05, 0) is 94.4 Å². The van der Waals surface area contributed by atoms with E-state index in [1.807, 2.05) is 36.2 Å². The minimum atomic E-state index is -4.05. The molecule has 0 aliphatic heterocycles. The van der Waals surface area contributed by atoms with Crippen LogP contribution in [0.3, 0.4) is 0 Å². The zero-order chi connectivity index (χ0) is 26.9. The SMILES string of the molecule is CNc1ccc2c(=O)n(-c3ccc(NC(=O)NS(=O)(=O)c4ccc(Cl)s4)cc3I)cc(CC(C)C)c2c1. The molecule has 0 aliphatic rings. The molecule has 0 aliphatic carbocycles. The summed E-state index contributed by atoms with van der Waals surface area (Å²) in [4.78, 5) is 25.8. The van der Waals surface area contributed by atoms with Gasteiger partial charge >= 0.3 is 6.03 Å². The molecule has 2 aromatic heterocycles. The van der Waals surface area contributed by atoms with E-state index in [-0.39, 0.29) is 9.77 Å². The molecule has 3 N–H and O–H groups in total. The number of rotatable bonds is 7. The predicted molar refractivity (Wildman–Crippen MR) is 159 cm³/mol. The molecule has 4 aromatic rings. The number of pyridine rings is 1. The van der Waals surface area contributed by atoms with Gasteiger partial charge in [0, 0.05) is 33.6 Å². The maximum atomic E-state index is 13.5. The molecule has 194 valence electrons. The van der Waals surface area contributed by atoms with Crippen molar-refractivity contribution in [2.75, 3.05) is 17.7 Å². The number of hydrogen-bond donors (Lipinski definition) is 3. The molecule has 2 amide bonds. The van der Waals surface area contributed by atoms with E-state index < -0.39 is 16.1 Å². The molecule has 0 spiro atoms. The fraction of sp³-hybridized carbons (Fsp3) is 0.200. The van der Waals surface area contributed by atoms with Crippen molar-refractivity contribution < 1.29 is 13.2 Å². The molecule has 2 heterocycles. The highest BCUT2D eigenvalue weighted by Crippen LogP contribution is 2.27. The van der Waals surface area contributed by atoms with Crippen LogP contribution in [0.1, 0.15) is 19.4 Å². The van der Waals surface area contributed by atoms with Gasteiger partial charge in [0.05, 0.1) is 10.0 Å². The second-order valence-corrected chi connectivity index (χ2v) is 13.5. The van der Waals surface area contributed by atoms with Gasteiger partial charge in [-0.15, -0.1) is 11.3 Å². The van der Waals surface area contributed by atoms with Gasteiger partial charge in [0.1, 0.15) is 4.21 Å². The first-order valence-electron chi connectivity index (χ1n) is 11.2. The quantitative estimate of drug-likeness (QED) is 0.207. The van der Waals surface area contributed by atoms with Crippen molar-refractivity contribution in [3.05, 3.63) is 78.6 Å². The fourth-order valence-corrected chi connectivity index (χ4v) is 7.06. The number of amides is 2. The van der Waals surface area contributed by atoms with Crippen LogP contribution in [0.2, 0.25) is 4.34 Å². The lowest BCUT2D eigenvalue weighted by Gasteiger charge is -2.16. The number of halogens is 2. The Labute approximate surface area is 237 Å². The Hall–Kier alpha value is -2.61. The van der Waals surface area contributed by atoms with Crippen LogP contribution in [0, 0.1) is 9.49 Å². The lowest BCUT2D eigenvalue weighted by molar-refractivity contribution is 0.256. The minimum absolute atomic E-state index is 0.0627. The second kappa shape index (κ2) is 11.0. The van der Waals surface area contributed by atoms with Gasteiger partial charge in [-0.1, -0.05) is 25.4 Å².